The van der Waals surface area contributed by atoms with Crippen molar-refractivity contribution < 1.29 is 0 Å². The average Bonchev–Trinajstić information content (AvgIpc) is 2.48. The first-order valence-electron chi connectivity index (χ1n) is 7.60. The first-order valence-corrected chi connectivity index (χ1v) is 7.97. The molecule has 1 aromatic carbocycles. The van der Waals surface area contributed by atoms with E-state index >= 15 is 0 Å². The lowest BCUT2D eigenvalue weighted by Gasteiger charge is -2.39. The predicted molar refractivity (Wildman–Crippen MR) is 87.9 cm³/mol. The van der Waals surface area contributed by atoms with Crippen molar-refractivity contribution in [1.29, 1.82) is 0 Å². The minimum Gasteiger partial charge on any atom is -0.369 e. The van der Waals surface area contributed by atoms with Crippen LogP contribution in [0.2, 0.25) is 5.02 Å². The zero-order valence-corrected chi connectivity index (χ0v) is 13.4. The van der Waals surface area contributed by atoms with Crippen LogP contribution in [0.15, 0.2) is 24.3 Å². The van der Waals surface area contributed by atoms with Gasteiger partial charge in [0, 0.05) is 42.9 Å². The number of benzene rings is 1. The summed E-state index contributed by atoms with van der Waals surface area (Å²) in [4.78, 5) is 5.06. The Kier molecular flexibility index (Phi) is 6.14. The van der Waals surface area contributed by atoms with Gasteiger partial charge in [-0.2, -0.15) is 0 Å². The van der Waals surface area contributed by atoms with Crippen molar-refractivity contribution >= 4 is 17.3 Å². The Labute approximate surface area is 127 Å². The van der Waals surface area contributed by atoms with Crippen molar-refractivity contribution in [3.63, 3.8) is 0 Å². The number of nitrogens with one attached hydrogen (secondary N) is 1. The van der Waals surface area contributed by atoms with Crippen LogP contribution >= 0.6 is 11.6 Å². The van der Waals surface area contributed by atoms with E-state index < -0.39 is 0 Å². The van der Waals surface area contributed by atoms with Gasteiger partial charge in [-0.3, -0.25) is 4.90 Å². The highest BCUT2D eigenvalue weighted by molar-refractivity contribution is 6.30. The van der Waals surface area contributed by atoms with Crippen LogP contribution in [0, 0.1) is 0 Å². The SMILES string of the molecule is CNCCCC(C)N1CCN(c2ccc(Cl)cc2)CC1. The molecule has 1 fully saturated rings. The number of halogens is 1. The molecule has 112 valence electrons. The molecule has 0 aliphatic carbocycles. The Hall–Kier alpha value is -0.770. The van der Waals surface area contributed by atoms with Gasteiger partial charge in [-0.25, -0.2) is 0 Å². The lowest BCUT2D eigenvalue weighted by Crippen LogP contribution is -2.49. The summed E-state index contributed by atoms with van der Waals surface area (Å²) in [5.74, 6) is 0. The molecule has 1 unspecified atom stereocenters. The largest absolute Gasteiger partial charge is 0.369 e. The van der Waals surface area contributed by atoms with Crippen molar-refractivity contribution in [3.8, 4) is 0 Å². The summed E-state index contributed by atoms with van der Waals surface area (Å²) in [5, 5.41) is 4.03. The van der Waals surface area contributed by atoms with Gasteiger partial charge in [-0.1, -0.05) is 11.6 Å². The molecule has 1 aromatic rings. The van der Waals surface area contributed by atoms with Gasteiger partial charge in [0.15, 0.2) is 0 Å². The maximum absolute atomic E-state index is 5.94. The minimum atomic E-state index is 0.690. The highest BCUT2D eigenvalue weighted by Gasteiger charge is 2.20. The lowest BCUT2D eigenvalue weighted by molar-refractivity contribution is 0.186. The highest BCUT2D eigenvalue weighted by atomic mass is 35.5. The highest BCUT2D eigenvalue weighted by Crippen LogP contribution is 2.20. The third-order valence-corrected chi connectivity index (χ3v) is 4.43. The van der Waals surface area contributed by atoms with Crippen LogP contribution in [-0.2, 0) is 0 Å². The molecule has 1 heterocycles. The molecule has 1 saturated heterocycles. The molecule has 1 aliphatic rings. The molecule has 0 spiro atoms. The van der Waals surface area contributed by atoms with Crippen LogP contribution in [-0.4, -0.2) is 50.7 Å². The molecule has 0 bridgehead atoms. The maximum atomic E-state index is 5.94. The molecular formula is C16H26ClN3. The van der Waals surface area contributed by atoms with E-state index in [1.165, 1.54) is 18.5 Å². The number of nitrogens with zero attached hydrogens (tertiary/aromatic N) is 2. The van der Waals surface area contributed by atoms with E-state index in [0.29, 0.717) is 6.04 Å². The molecule has 2 rings (SSSR count). The summed E-state index contributed by atoms with van der Waals surface area (Å²) in [5.41, 5.74) is 1.29. The summed E-state index contributed by atoms with van der Waals surface area (Å²) in [6.07, 6.45) is 2.54. The maximum Gasteiger partial charge on any atom is 0.0407 e. The van der Waals surface area contributed by atoms with Gasteiger partial charge in [-0.05, 0) is 57.6 Å². The van der Waals surface area contributed by atoms with Gasteiger partial charge in [0.1, 0.15) is 0 Å². The first-order chi connectivity index (χ1) is 9.70. The summed E-state index contributed by atoms with van der Waals surface area (Å²) in [7, 11) is 2.02. The summed E-state index contributed by atoms with van der Waals surface area (Å²) in [6, 6.07) is 8.88. The Morgan fingerprint density at radius 1 is 1.15 bits per heavy atom. The van der Waals surface area contributed by atoms with Crippen molar-refractivity contribution in [3.05, 3.63) is 29.3 Å². The minimum absolute atomic E-state index is 0.690. The number of rotatable bonds is 6. The van der Waals surface area contributed by atoms with E-state index in [0.717, 1.165) is 37.7 Å². The number of piperazine rings is 1. The van der Waals surface area contributed by atoms with Gasteiger partial charge in [-0.15, -0.1) is 0 Å². The fraction of sp³-hybridized carbons (Fsp3) is 0.625. The van der Waals surface area contributed by atoms with Gasteiger partial charge in [0.2, 0.25) is 0 Å². The van der Waals surface area contributed by atoms with Crippen LogP contribution in [0.25, 0.3) is 0 Å². The molecule has 0 aromatic heterocycles. The number of anilines is 1. The molecule has 3 nitrogen and oxygen atoms in total. The Balaban J connectivity index is 1.78. The second-order valence-corrected chi connectivity index (χ2v) is 6.03. The van der Waals surface area contributed by atoms with E-state index in [-0.39, 0.29) is 0 Å². The molecule has 20 heavy (non-hydrogen) atoms. The molecule has 1 atom stereocenters. The Morgan fingerprint density at radius 2 is 1.80 bits per heavy atom. The van der Waals surface area contributed by atoms with E-state index in [1.807, 2.05) is 19.2 Å². The third kappa shape index (κ3) is 4.37. The molecule has 0 amide bonds. The zero-order chi connectivity index (χ0) is 14.4. The van der Waals surface area contributed by atoms with E-state index in [4.69, 9.17) is 11.6 Å². The monoisotopic (exact) mass is 295 g/mol. The fourth-order valence-corrected chi connectivity index (χ4v) is 2.96. The van der Waals surface area contributed by atoms with Gasteiger partial charge < -0.3 is 10.2 Å². The Morgan fingerprint density at radius 3 is 2.40 bits per heavy atom. The summed E-state index contributed by atoms with van der Waals surface area (Å²) >= 11 is 5.94. The molecule has 4 heteroatoms. The fourth-order valence-electron chi connectivity index (χ4n) is 2.83. The standard InChI is InChI=1S/C16H26ClN3/c1-14(4-3-9-18-2)19-10-12-20(13-11-19)16-7-5-15(17)6-8-16/h5-8,14,18H,3-4,9-13H2,1-2H3. The van der Waals surface area contributed by atoms with Crippen molar-refractivity contribution in [1.82, 2.24) is 10.2 Å². The molecule has 1 aliphatic heterocycles. The third-order valence-electron chi connectivity index (χ3n) is 4.18. The van der Waals surface area contributed by atoms with E-state index in [1.54, 1.807) is 0 Å². The number of hydrogen-bond acceptors (Lipinski definition) is 3. The molecular weight excluding hydrogens is 270 g/mol. The van der Waals surface area contributed by atoms with Gasteiger partial charge in [0.05, 0.1) is 0 Å². The van der Waals surface area contributed by atoms with E-state index in [9.17, 15) is 0 Å². The number of hydrogen-bond donors (Lipinski definition) is 1. The Bertz CT molecular complexity index is 385. The summed E-state index contributed by atoms with van der Waals surface area (Å²) in [6.45, 7) is 8.01. The smallest absolute Gasteiger partial charge is 0.0407 e. The molecule has 1 N–H and O–H groups in total. The van der Waals surface area contributed by atoms with Crippen LogP contribution in [0.1, 0.15) is 19.8 Å². The second-order valence-electron chi connectivity index (χ2n) is 5.59. The zero-order valence-electron chi connectivity index (χ0n) is 12.6. The van der Waals surface area contributed by atoms with Crippen molar-refractivity contribution in [2.45, 2.75) is 25.8 Å². The van der Waals surface area contributed by atoms with Crippen molar-refractivity contribution in [2.24, 2.45) is 0 Å². The van der Waals surface area contributed by atoms with Crippen LogP contribution < -0.4 is 10.2 Å². The quantitative estimate of drug-likeness (QED) is 0.814. The van der Waals surface area contributed by atoms with Gasteiger partial charge in [0.25, 0.3) is 0 Å². The first kappa shape index (κ1) is 15.6. The second kappa shape index (κ2) is 7.87. The lowest BCUT2D eigenvalue weighted by atomic mass is 10.1. The topological polar surface area (TPSA) is 18.5 Å². The average molecular weight is 296 g/mol. The normalized spacial score (nSPS) is 18.2. The van der Waals surface area contributed by atoms with Crippen molar-refractivity contribution in [2.75, 3.05) is 44.7 Å². The van der Waals surface area contributed by atoms with Gasteiger partial charge >= 0.3 is 0 Å². The van der Waals surface area contributed by atoms with Crippen LogP contribution in [0.5, 0.6) is 0 Å². The predicted octanol–water partition coefficient (Wildman–Crippen LogP) is 2.85. The molecule has 0 radical (unpaired) electrons. The summed E-state index contributed by atoms with van der Waals surface area (Å²) < 4.78 is 0. The molecule has 0 saturated carbocycles. The van der Waals surface area contributed by atoms with E-state index in [2.05, 4.69) is 34.2 Å². The van der Waals surface area contributed by atoms with Crippen LogP contribution in [0.3, 0.4) is 0 Å². The van der Waals surface area contributed by atoms with Crippen LogP contribution in [0.4, 0.5) is 5.69 Å².